The number of aryl methyl sites for hydroxylation is 2. The predicted molar refractivity (Wildman–Crippen MR) is 82.6 cm³/mol. The van der Waals surface area contributed by atoms with Gasteiger partial charge in [-0.2, -0.15) is 5.10 Å². The molecule has 1 aromatic carbocycles. The number of nitrogen functional groups attached to an aromatic ring is 1. The van der Waals surface area contributed by atoms with Crippen molar-refractivity contribution in [2.45, 2.75) is 25.3 Å². The quantitative estimate of drug-likeness (QED) is 0.837. The number of nitrogens with two attached hydrogens (primary N) is 1. The summed E-state index contributed by atoms with van der Waals surface area (Å²) in [7, 11) is -1.83. The monoisotopic (exact) mass is 328 g/mol. The van der Waals surface area contributed by atoms with Crippen LogP contribution in [0.3, 0.4) is 0 Å². The maximum absolute atomic E-state index is 12.3. The third-order valence-corrected chi connectivity index (χ3v) is 5.12. The van der Waals surface area contributed by atoms with Gasteiger partial charge in [0.25, 0.3) is 0 Å². The molecule has 0 bridgehead atoms. The molecule has 0 spiro atoms. The lowest BCUT2D eigenvalue weighted by atomic mass is 10.2. The lowest BCUT2D eigenvalue weighted by molar-refractivity contribution is 0.581. The average Bonchev–Trinajstić information content (AvgIpc) is 2.64. The molecule has 0 fully saturated rings. The molecule has 2 rings (SSSR count). The van der Waals surface area contributed by atoms with Crippen LogP contribution in [0, 0.1) is 13.8 Å². The smallest absolute Gasteiger partial charge is 0.240 e. The van der Waals surface area contributed by atoms with E-state index in [1.165, 1.54) is 18.2 Å². The van der Waals surface area contributed by atoms with Crippen LogP contribution in [0.15, 0.2) is 23.1 Å². The number of anilines is 1. The molecule has 0 saturated carbocycles. The Morgan fingerprint density at radius 1 is 1.38 bits per heavy atom. The minimum Gasteiger partial charge on any atom is -0.397 e. The number of halogens is 1. The van der Waals surface area contributed by atoms with Crippen molar-refractivity contribution in [3.63, 3.8) is 0 Å². The van der Waals surface area contributed by atoms with E-state index in [1.807, 2.05) is 20.9 Å². The first kappa shape index (κ1) is 15.8. The van der Waals surface area contributed by atoms with E-state index >= 15 is 0 Å². The molecule has 0 amide bonds. The highest BCUT2D eigenvalue weighted by Gasteiger charge is 2.17. The van der Waals surface area contributed by atoms with Gasteiger partial charge in [-0.05, 0) is 32.0 Å². The minimum atomic E-state index is -3.65. The molecule has 6 nitrogen and oxygen atoms in total. The fourth-order valence-electron chi connectivity index (χ4n) is 2.01. The zero-order valence-electron chi connectivity index (χ0n) is 12.0. The van der Waals surface area contributed by atoms with Gasteiger partial charge in [-0.3, -0.25) is 4.68 Å². The normalized spacial score (nSPS) is 11.8. The molecule has 0 aliphatic rings. The third-order valence-electron chi connectivity index (χ3n) is 3.38. The van der Waals surface area contributed by atoms with Crippen LogP contribution >= 0.6 is 11.6 Å². The standard InChI is InChI=1S/C13H17ClN4O2S/c1-8-11(9(2)18(3)17-8)7-16-21(19,20)10-4-5-12(14)13(15)6-10/h4-6,16H,7,15H2,1-3H3. The lowest BCUT2D eigenvalue weighted by Crippen LogP contribution is -2.24. The lowest BCUT2D eigenvalue weighted by Gasteiger charge is -2.08. The second kappa shape index (κ2) is 5.67. The molecule has 1 heterocycles. The Kier molecular flexibility index (Phi) is 4.27. The van der Waals surface area contributed by atoms with Crippen molar-refractivity contribution in [2.75, 3.05) is 5.73 Å². The summed E-state index contributed by atoms with van der Waals surface area (Å²) in [5, 5.41) is 4.58. The fraction of sp³-hybridized carbons (Fsp3) is 0.308. The zero-order chi connectivity index (χ0) is 15.8. The molecule has 1 aromatic heterocycles. The van der Waals surface area contributed by atoms with Gasteiger partial charge in [-0.1, -0.05) is 11.6 Å². The summed E-state index contributed by atoms with van der Waals surface area (Å²) in [6, 6.07) is 4.23. The molecule has 114 valence electrons. The van der Waals surface area contributed by atoms with Crippen LogP contribution in [-0.4, -0.2) is 18.2 Å². The molecule has 0 unspecified atom stereocenters. The van der Waals surface area contributed by atoms with Crippen LogP contribution in [0.4, 0.5) is 5.69 Å². The average molecular weight is 329 g/mol. The zero-order valence-corrected chi connectivity index (χ0v) is 13.6. The Labute approximate surface area is 129 Å². The van der Waals surface area contributed by atoms with Gasteiger partial charge in [0, 0.05) is 24.8 Å². The Morgan fingerprint density at radius 2 is 2.05 bits per heavy atom. The van der Waals surface area contributed by atoms with E-state index in [0.717, 1.165) is 17.0 Å². The number of benzene rings is 1. The Bertz CT molecular complexity index is 784. The molecule has 8 heteroatoms. The van der Waals surface area contributed by atoms with Crippen molar-refractivity contribution in [3.05, 3.63) is 40.2 Å². The van der Waals surface area contributed by atoms with E-state index in [-0.39, 0.29) is 17.1 Å². The van der Waals surface area contributed by atoms with Crippen LogP contribution in [0.25, 0.3) is 0 Å². The first-order valence-electron chi connectivity index (χ1n) is 6.26. The van der Waals surface area contributed by atoms with Gasteiger partial charge in [0.2, 0.25) is 10.0 Å². The SMILES string of the molecule is Cc1nn(C)c(C)c1CNS(=O)(=O)c1ccc(Cl)c(N)c1. The summed E-state index contributed by atoms with van der Waals surface area (Å²) < 4.78 is 28.8. The van der Waals surface area contributed by atoms with Crippen molar-refractivity contribution in [1.29, 1.82) is 0 Å². The van der Waals surface area contributed by atoms with Crippen LogP contribution < -0.4 is 10.5 Å². The second-order valence-corrected chi connectivity index (χ2v) is 6.96. The van der Waals surface area contributed by atoms with E-state index in [0.29, 0.717) is 5.02 Å². The molecule has 0 aliphatic heterocycles. The van der Waals surface area contributed by atoms with Gasteiger partial charge >= 0.3 is 0 Å². The molecule has 2 aromatic rings. The summed E-state index contributed by atoms with van der Waals surface area (Å²) in [5.41, 5.74) is 8.45. The van der Waals surface area contributed by atoms with E-state index < -0.39 is 10.0 Å². The molecule has 0 radical (unpaired) electrons. The van der Waals surface area contributed by atoms with E-state index in [1.54, 1.807) is 4.68 Å². The largest absolute Gasteiger partial charge is 0.397 e. The predicted octanol–water partition coefficient (Wildman–Crippen LogP) is 1.75. The van der Waals surface area contributed by atoms with E-state index in [9.17, 15) is 8.42 Å². The fourth-order valence-corrected chi connectivity index (χ4v) is 3.16. The highest BCUT2D eigenvalue weighted by molar-refractivity contribution is 7.89. The highest BCUT2D eigenvalue weighted by Crippen LogP contribution is 2.22. The summed E-state index contributed by atoms with van der Waals surface area (Å²) in [4.78, 5) is 0.0867. The van der Waals surface area contributed by atoms with Crippen molar-refractivity contribution in [3.8, 4) is 0 Å². The van der Waals surface area contributed by atoms with Crippen LogP contribution in [0.2, 0.25) is 5.02 Å². The first-order valence-corrected chi connectivity index (χ1v) is 8.12. The number of nitrogens with zero attached hydrogens (tertiary/aromatic N) is 2. The van der Waals surface area contributed by atoms with Gasteiger partial charge in [-0.15, -0.1) is 0 Å². The topological polar surface area (TPSA) is 90.0 Å². The molecule has 0 aliphatic carbocycles. The summed E-state index contributed by atoms with van der Waals surface area (Å²) >= 11 is 5.80. The minimum absolute atomic E-state index is 0.0867. The summed E-state index contributed by atoms with van der Waals surface area (Å²) in [6.07, 6.45) is 0. The van der Waals surface area contributed by atoms with Gasteiger partial charge in [0.1, 0.15) is 0 Å². The molecular formula is C13H17ClN4O2S. The Hall–Kier alpha value is -1.57. The van der Waals surface area contributed by atoms with Gasteiger partial charge in [-0.25, -0.2) is 13.1 Å². The maximum atomic E-state index is 12.3. The summed E-state index contributed by atoms with van der Waals surface area (Å²) in [6.45, 7) is 3.91. The molecule has 0 atom stereocenters. The maximum Gasteiger partial charge on any atom is 0.240 e. The third kappa shape index (κ3) is 3.20. The molecular weight excluding hydrogens is 312 g/mol. The van der Waals surface area contributed by atoms with E-state index in [2.05, 4.69) is 9.82 Å². The van der Waals surface area contributed by atoms with Crippen molar-refractivity contribution >= 4 is 27.3 Å². The number of rotatable bonds is 4. The van der Waals surface area contributed by atoms with Gasteiger partial charge in [0.05, 0.1) is 21.3 Å². The number of nitrogens with one attached hydrogen (secondary N) is 1. The molecule has 3 N–H and O–H groups in total. The summed E-state index contributed by atoms with van der Waals surface area (Å²) in [5.74, 6) is 0. The van der Waals surface area contributed by atoms with Crippen molar-refractivity contribution in [2.24, 2.45) is 7.05 Å². The molecule has 0 saturated heterocycles. The second-order valence-electron chi connectivity index (χ2n) is 4.78. The molecule has 21 heavy (non-hydrogen) atoms. The van der Waals surface area contributed by atoms with Crippen LogP contribution in [0.1, 0.15) is 17.0 Å². The number of sulfonamides is 1. The van der Waals surface area contributed by atoms with Gasteiger partial charge in [0.15, 0.2) is 0 Å². The Morgan fingerprint density at radius 3 is 2.57 bits per heavy atom. The highest BCUT2D eigenvalue weighted by atomic mass is 35.5. The van der Waals surface area contributed by atoms with Crippen molar-refractivity contribution < 1.29 is 8.42 Å². The first-order chi connectivity index (χ1) is 9.72. The van der Waals surface area contributed by atoms with Gasteiger partial charge < -0.3 is 5.73 Å². The number of hydrogen-bond donors (Lipinski definition) is 2. The number of hydrogen-bond acceptors (Lipinski definition) is 4. The van der Waals surface area contributed by atoms with Crippen LogP contribution in [0.5, 0.6) is 0 Å². The van der Waals surface area contributed by atoms with Crippen molar-refractivity contribution in [1.82, 2.24) is 14.5 Å². The Balaban J connectivity index is 2.23. The van der Waals surface area contributed by atoms with E-state index in [4.69, 9.17) is 17.3 Å². The van der Waals surface area contributed by atoms with Crippen LogP contribution in [-0.2, 0) is 23.6 Å². The number of aromatic nitrogens is 2.